The van der Waals surface area contributed by atoms with Gasteiger partial charge < -0.3 is 5.32 Å². The van der Waals surface area contributed by atoms with Crippen LogP contribution in [0.3, 0.4) is 0 Å². The van der Waals surface area contributed by atoms with Crippen molar-refractivity contribution in [3.63, 3.8) is 0 Å². The third kappa shape index (κ3) is 3.58. The second-order valence-corrected chi connectivity index (χ2v) is 6.41. The van der Waals surface area contributed by atoms with Crippen LogP contribution in [0, 0.1) is 5.92 Å². The lowest BCUT2D eigenvalue weighted by atomic mass is 9.82. The highest BCUT2D eigenvalue weighted by molar-refractivity contribution is 9.10. The van der Waals surface area contributed by atoms with E-state index in [1.807, 2.05) is 0 Å². The van der Waals surface area contributed by atoms with E-state index in [1.165, 1.54) is 37.7 Å². The molecule has 1 aliphatic rings. The van der Waals surface area contributed by atoms with Crippen LogP contribution in [-0.4, -0.2) is 6.04 Å². The van der Waals surface area contributed by atoms with Crippen LogP contribution in [0.5, 0.6) is 0 Å². The molecule has 0 heterocycles. The SMILES string of the molecule is CCC1CCCCC1N[C@H](C)c1ccc(Br)cc1. The van der Waals surface area contributed by atoms with Gasteiger partial charge in [0.1, 0.15) is 0 Å². The zero-order valence-corrected chi connectivity index (χ0v) is 13.0. The van der Waals surface area contributed by atoms with E-state index in [0.717, 1.165) is 10.4 Å². The average Bonchev–Trinajstić information content (AvgIpc) is 2.40. The molecule has 1 aliphatic carbocycles. The van der Waals surface area contributed by atoms with E-state index in [2.05, 4.69) is 59.4 Å². The molecule has 0 saturated heterocycles. The summed E-state index contributed by atoms with van der Waals surface area (Å²) in [4.78, 5) is 0. The first-order valence-electron chi connectivity index (χ1n) is 7.22. The topological polar surface area (TPSA) is 12.0 Å². The Labute approximate surface area is 119 Å². The Morgan fingerprint density at radius 3 is 2.56 bits per heavy atom. The Morgan fingerprint density at radius 1 is 1.22 bits per heavy atom. The Kier molecular flexibility index (Phi) is 5.25. The molecule has 0 bridgehead atoms. The standard InChI is InChI=1S/C16H24BrN/c1-3-13-6-4-5-7-16(13)18-12(2)14-8-10-15(17)11-9-14/h8-13,16,18H,3-7H2,1-2H3/t12-,13?,16?/m1/s1. The second kappa shape index (κ2) is 6.72. The maximum Gasteiger partial charge on any atom is 0.0294 e. The van der Waals surface area contributed by atoms with E-state index in [0.29, 0.717) is 12.1 Å². The number of hydrogen-bond acceptors (Lipinski definition) is 1. The van der Waals surface area contributed by atoms with Crippen molar-refractivity contribution < 1.29 is 0 Å². The highest BCUT2D eigenvalue weighted by Gasteiger charge is 2.24. The summed E-state index contributed by atoms with van der Waals surface area (Å²) in [5.74, 6) is 0.872. The summed E-state index contributed by atoms with van der Waals surface area (Å²) in [6.07, 6.45) is 6.87. The molecule has 1 fully saturated rings. The summed E-state index contributed by atoms with van der Waals surface area (Å²) in [7, 11) is 0. The van der Waals surface area contributed by atoms with Crippen LogP contribution >= 0.6 is 15.9 Å². The fourth-order valence-electron chi connectivity index (χ4n) is 3.08. The third-order valence-corrected chi connectivity index (χ3v) is 4.80. The van der Waals surface area contributed by atoms with E-state index in [-0.39, 0.29) is 0 Å². The van der Waals surface area contributed by atoms with Crippen molar-refractivity contribution in [1.82, 2.24) is 5.32 Å². The molecule has 100 valence electrons. The Bertz CT molecular complexity index is 360. The second-order valence-electron chi connectivity index (χ2n) is 5.50. The van der Waals surface area contributed by atoms with Crippen LogP contribution in [0.25, 0.3) is 0 Å². The summed E-state index contributed by atoms with van der Waals surface area (Å²) in [5.41, 5.74) is 1.39. The van der Waals surface area contributed by atoms with Gasteiger partial charge in [-0.1, -0.05) is 54.2 Å². The number of halogens is 1. The largest absolute Gasteiger partial charge is 0.307 e. The van der Waals surface area contributed by atoms with Crippen molar-refractivity contribution in [3.8, 4) is 0 Å². The maximum atomic E-state index is 3.84. The molecule has 18 heavy (non-hydrogen) atoms. The zero-order valence-electron chi connectivity index (χ0n) is 11.5. The van der Waals surface area contributed by atoms with Crippen LogP contribution in [0.15, 0.2) is 28.7 Å². The highest BCUT2D eigenvalue weighted by atomic mass is 79.9. The molecule has 0 aliphatic heterocycles. The van der Waals surface area contributed by atoms with Gasteiger partial charge >= 0.3 is 0 Å². The lowest BCUT2D eigenvalue weighted by Gasteiger charge is -2.34. The van der Waals surface area contributed by atoms with Crippen molar-refractivity contribution in [2.75, 3.05) is 0 Å². The van der Waals surface area contributed by atoms with Gasteiger partial charge in [0.2, 0.25) is 0 Å². The molecule has 0 radical (unpaired) electrons. The van der Waals surface area contributed by atoms with Gasteiger partial charge in [-0.15, -0.1) is 0 Å². The molecule has 0 aromatic heterocycles. The van der Waals surface area contributed by atoms with Crippen molar-refractivity contribution in [3.05, 3.63) is 34.3 Å². The van der Waals surface area contributed by atoms with Crippen molar-refractivity contribution in [2.45, 2.75) is 58.0 Å². The molecule has 1 N–H and O–H groups in total. The Morgan fingerprint density at radius 2 is 1.89 bits per heavy atom. The van der Waals surface area contributed by atoms with Crippen LogP contribution < -0.4 is 5.32 Å². The first-order chi connectivity index (χ1) is 8.70. The van der Waals surface area contributed by atoms with E-state index < -0.39 is 0 Å². The minimum Gasteiger partial charge on any atom is -0.307 e. The lowest BCUT2D eigenvalue weighted by Crippen LogP contribution is -2.39. The molecule has 2 heteroatoms. The molecule has 1 aromatic rings. The first-order valence-corrected chi connectivity index (χ1v) is 8.01. The fraction of sp³-hybridized carbons (Fsp3) is 0.625. The van der Waals surface area contributed by atoms with Gasteiger partial charge in [0.05, 0.1) is 0 Å². The fourth-order valence-corrected chi connectivity index (χ4v) is 3.35. The summed E-state index contributed by atoms with van der Waals surface area (Å²) >= 11 is 3.49. The molecule has 2 unspecified atom stereocenters. The van der Waals surface area contributed by atoms with Gasteiger partial charge in [-0.2, -0.15) is 0 Å². The summed E-state index contributed by atoms with van der Waals surface area (Å²) in [5, 5.41) is 3.84. The molecule has 1 saturated carbocycles. The monoisotopic (exact) mass is 309 g/mol. The van der Waals surface area contributed by atoms with Crippen molar-refractivity contribution >= 4 is 15.9 Å². The average molecular weight is 310 g/mol. The summed E-state index contributed by atoms with van der Waals surface area (Å²) < 4.78 is 1.16. The number of benzene rings is 1. The zero-order chi connectivity index (χ0) is 13.0. The van der Waals surface area contributed by atoms with Gasteiger partial charge in [0.25, 0.3) is 0 Å². The first kappa shape index (κ1) is 14.1. The third-order valence-electron chi connectivity index (χ3n) is 4.27. The van der Waals surface area contributed by atoms with Crippen LogP contribution in [0.2, 0.25) is 0 Å². The van der Waals surface area contributed by atoms with Gasteiger partial charge in [0, 0.05) is 16.6 Å². The van der Waals surface area contributed by atoms with Gasteiger partial charge in [0.15, 0.2) is 0 Å². The molecule has 0 spiro atoms. The van der Waals surface area contributed by atoms with Gasteiger partial charge in [-0.3, -0.25) is 0 Å². The summed E-state index contributed by atoms with van der Waals surface area (Å²) in [6, 6.07) is 9.85. The normalized spacial score (nSPS) is 25.9. The molecular formula is C16H24BrN. The maximum absolute atomic E-state index is 3.84. The highest BCUT2D eigenvalue weighted by Crippen LogP contribution is 2.29. The number of hydrogen-bond donors (Lipinski definition) is 1. The van der Waals surface area contributed by atoms with Gasteiger partial charge in [-0.25, -0.2) is 0 Å². The van der Waals surface area contributed by atoms with E-state index >= 15 is 0 Å². The Balaban J connectivity index is 1.97. The molecule has 1 aromatic carbocycles. The predicted octanol–water partition coefficient (Wildman–Crippen LogP) is 5.07. The van der Waals surface area contributed by atoms with Crippen LogP contribution in [-0.2, 0) is 0 Å². The Hall–Kier alpha value is -0.340. The smallest absolute Gasteiger partial charge is 0.0294 e. The molecule has 0 amide bonds. The van der Waals surface area contributed by atoms with Crippen molar-refractivity contribution in [1.29, 1.82) is 0 Å². The van der Waals surface area contributed by atoms with E-state index in [9.17, 15) is 0 Å². The van der Waals surface area contributed by atoms with E-state index in [1.54, 1.807) is 0 Å². The lowest BCUT2D eigenvalue weighted by molar-refractivity contribution is 0.240. The number of rotatable bonds is 4. The predicted molar refractivity (Wildman–Crippen MR) is 81.7 cm³/mol. The van der Waals surface area contributed by atoms with E-state index in [4.69, 9.17) is 0 Å². The minimum absolute atomic E-state index is 0.454. The van der Waals surface area contributed by atoms with Crippen LogP contribution in [0.1, 0.15) is 57.6 Å². The quantitative estimate of drug-likeness (QED) is 0.819. The number of nitrogens with one attached hydrogen (secondary N) is 1. The van der Waals surface area contributed by atoms with Gasteiger partial charge in [-0.05, 0) is 43.4 Å². The van der Waals surface area contributed by atoms with Crippen molar-refractivity contribution in [2.24, 2.45) is 5.92 Å². The van der Waals surface area contributed by atoms with Crippen LogP contribution in [0.4, 0.5) is 0 Å². The molecule has 3 atom stereocenters. The molecular weight excluding hydrogens is 286 g/mol. The summed E-state index contributed by atoms with van der Waals surface area (Å²) in [6.45, 7) is 4.61. The molecule has 2 rings (SSSR count). The minimum atomic E-state index is 0.454. The molecule has 1 nitrogen and oxygen atoms in total.